The molecule has 120 valence electrons. The van der Waals surface area contributed by atoms with Gasteiger partial charge in [0, 0.05) is 16.5 Å². The molecule has 0 saturated carbocycles. The van der Waals surface area contributed by atoms with E-state index in [2.05, 4.69) is 76.3 Å². The molecule has 0 radical (unpaired) electrons. The molecule has 1 N–H and O–H groups in total. The summed E-state index contributed by atoms with van der Waals surface area (Å²) in [6.45, 7) is 2.09. The predicted molar refractivity (Wildman–Crippen MR) is 102 cm³/mol. The number of aryl methyl sites for hydroxylation is 2. The molecule has 1 heterocycles. The van der Waals surface area contributed by atoms with Crippen LogP contribution in [-0.2, 0) is 6.42 Å². The molecule has 0 spiro atoms. The van der Waals surface area contributed by atoms with E-state index in [9.17, 15) is 0 Å². The first-order chi connectivity index (χ1) is 11.8. The van der Waals surface area contributed by atoms with Gasteiger partial charge in [-0.3, -0.25) is 5.43 Å². The first-order valence-corrected chi connectivity index (χ1v) is 9.11. The van der Waals surface area contributed by atoms with Gasteiger partial charge in [0.05, 0.1) is 11.4 Å². The molecule has 1 aliphatic carbocycles. The van der Waals surface area contributed by atoms with E-state index in [1.807, 2.05) is 0 Å². The first-order valence-electron chi connectivity index (χ1n) is 8.23. The van der Waals surface area contributed by atoms with Crippen molar-refractivity contribution in [1.82, 2.24) is 4.98 Å². The molecule has 1 aliphatic rings. The molecule has 3 aromatic rings. The van der Waals surface area contributed by atoms with Crippen molar-refractivity contribution in [2.45, 2.75) is 26.2 Å². The van der Waals surface area contributed by atoms with E-state index >= 15 is 0 Å². The van der Waals surface area contributed by atoms with Crippen LogP contribution in [0.5, 0.6) is 0 Å². The van der Waals surface area contributed by atoms with Gasteiger partial charge in [-0.05, 0) is 31.7 Å². The number of hydrazone groups is 1. The second-order valence-electron chi connectivity index (χ2n) is 6.08. The van der Waals surface area contributed by atoms with Gasteiger partial charge in [0.15, 0.2) is 0 Å². The predicted octanol–water partition coefficient (Wildman–Crippen LogP) is 5.27. The second kappa shape index (κ2) is 6.57. The molecule has 0 atom stereocenters. The fraction of sp³-hybridized carbons (Fsp3) is 0.200. The Bertz CT molecular complexity index is 878. The van der Waals surface area contributed by atoms with E-state index in [-0.39, 0.29) is 0 Å². The average Bonchev–Trinajstić information content (AvgIpc) is 3.09. The Hall–Kier alpha value is -2.46. The monoisotopic (exact) mass is 333 g/mol. The smallest absolute Gasteiger partial charge is 0.203 e. The van der Waals surface area contributed by atoms with Gasteiger partial charge in [-0.2, -0.15) is 5.10 Å². The number of nitrogens with one attached hydrogen (secondary N) is 1. The van der Waals surface area contributed by atoms with Gasteiger partial charge in [-0.1, -0.05) is 54.1 Å². The topological polar surface area (TPSA) is 37.3 Å². The molecule has 0 bridgehead atoms. The van der Waals surface area contributed by atoms with Gasteiger partial charge in [-0.25, -0.2) is 4.98 Å². The summed E-state index contributed by atoms with van der Waals surface area (Å²) < 4.78 is 0. The summed E-state index contributed by atoms with van der Waals surface area (Å²) in [6, 6.07) is 17.0. The number of hydrogen-bond donors (Lipinski definition) is 1. The van der Waals surface area contributed by atoms with Crippen molar-refractivity contribution in [1.29, 1.82) is 0 Å². The van der Waals surface area contributed by atoms with Gasteiger partial charge in [0.25, 0.3) is 0 Å². The van der Waals surface area contributed by atoms with Crippen molar-refractivity contribution in [3.63, 3.8) is 0 Å². The highest BCUT2D eigenvalue weighted by molar-refractivity contribution is 7.14. The lowest BCUT2D eigenvalue weighted by Crippen LogP contribution is -2.13. The van der Waals surface area contributed by atoms with Gasteiger partial charge >= 0.3 is 0 Å². The molecule has 2 aromatic carbocycles. The maximum Gasteiger partial charge on any atom is 0.203 e. The summed E-state index contributed by atoms with van der Waals surface area (Å²) in [7, 11) is 0. The molecule has 1 aromatic heterocycles. The zero-order chi connectivity index (χ0) is 16.4. The highest BCUT2D eigenvalue weighted by Crippen LogP contribution is 2.26. The van der Waals surface area contributed by atoms with E-state index in [0.717, 1.165) is 41.4 Å². The normalized spacial score (nSPS) is 15.3. The lowest BCUT2D eigenvalue weighted by atomic mass is 9.90. The summed E-state index contributed by atoms with van der Waals surface area (Å²) in [4.78, 5) is 4.65. The minimum absolute atomic E-state index is 0.834. The number of nitrogens with zero attached hydrogens (tertiary/aromatic N) is 2. The van der Waals surface area contributed by atoms with E-state index < -0.39 is 0 Å². The minimum atomic E-state index is 0.834. The van der Waals surface area contributed by atoms with Crippen molar-refractivity contribution < 1.29 is 0 Å². The van der Waals surface area contributed by atoms with Crippen molar-refractivity contribution in [3.8, 4) is 11.3 Å². The van der Waals surface area contributed by atoms with E-state index in [1.54, 1.807) is 11.3 Å². The highest BCUT2D eigenvalue weighted by atomic mass is 32.1. The minimum Gasteiger partial charge on any atom is -0.252 e. The van der Waals surface area contributed by atoms with Gasteiger partial charge < -0.3 is 0 Å². The van der Waals surface area contributed by atoms with Gasteiger partial charge in [0.2, 0.25) is 5.13 Å². The maximum absolute atomic E-state index is 4.65. The third kappa shape index (κ3) is 3.10. The number of anilines is 1. The fourth-order valence-electron chi connectivity index (χ4n) is 3.01. The van der Waals surface area contributed by atoms with Crippen LogP contribution in [0.2, 0.25) is 0 Å². The lowest BCUT2D eigenvalue weighted by Gasteiger charge is -2.17. The summed E-state index contributed by atoms with van der Waals surface area (Å²) >= 11 is 1.59. The highest BCUT2D eigenvalue weighted by Gasteiger charge is 2.14. The van der Waals surface area contributed by atoms with Crippen LogP contribution in [0.1, 0.15) is 29.5 Å². The molecule has 4 rings (SSSR count). The van der Waals surface area contributed by atoms with Crippen LogP contribution in [0.25, 0.3) is 11.3 Å². The number of fused-ring (bicyclic) bond motifs is 1. The molecule has 0 amide bonds. The SMILES string of the molecule is Cc1ccc(-c2csc(N/N=C3/CCCc4ccccc43)n2)cc1. The van der Waals surface area contributed by atoms with Crippen LogP contribution in [-0.4, -0.2) is 10.7 Å². The molecule has 0 saturated heterocycles. The summed E-state index contributed by atoms with van der Waals surface area (Å²) in [6.07, 6.45) is 3.31. The fourth-order valence-corrected chi connectivity index (χ4v) is 3.68. The largest absolute Gasteiger partial charge is 0.252 e. The maximum atomic E-state index is 4.65. The van der Waals surface area contributed by atoms with Crippen LogP contribution in [0, 0.1) is 6.92 Å². The van der Waals surface area contributed by atoms with Crippen molar-refractivity contribution >= 4 is 22.2 Å². The van der Waals surface area contributed by atoms with Crippen molar-refractivity contribution in [2.24, 2.45) is 5.10 Å². The molecular weight excluding hydrogens is 314 g/mol. The van der Waals surface area contributed by atoms with Gasteiger partial charge in [-0.15, -0.1) is 11.3 Å². The van der Waals surface area contributed by atoms with E-state index in [1.165, 1.54) is 16.7 Å². The summed E-state index contributed by atoms with van der Waals surface area (Å²) in [5.74, 6) is 0. The Morgan fingerprint density at radius 1 is 1.04 bits per heavy atom. The van der Waals surface area contributed by atoms with Crippen LogP contribution in [0.15, 0.2) is 59.0 Å². The molecular formula is C20H19N3S. The van der Waals surface area contributed by atoms with Crippen LogP contribution in [0.4, 0.5) is 5.13 Å². The lowest BCUT2D eigenvalue weighted by molar-refractivity contribution is 0.837. The Balaban J connectivity index is 1.54. The Kier molecular flexibility index (Phi) is 4.13. The quantitative estimate of drug-likeness (QED) is 0.663. The zero-order valence-electron chi connectivity index (χ0n) is 13.6. The third-order valence-electron chi connectivity index (χ3n) is 4.33. The third-order valence-corrected chi connectivity index (χ3v) is 5.07. The number of hydrogen-bond acceptors (Lipinski definition) is 4. The Morgan fingerprint density at radius 2 is 1.88 bits per heavy atom. The van der Waals surface area contributed by atoms with Crippen LogP contribution < -0.4 is 5.43 Å². The van der Waals surface area contributed by atoms with Crippen LogP contribution in [0.3, 0.4) is 0 Å². The molecule has 0 fully saturated rings. The number of aromatic nitrogens is 1. The first kappa shape index (κ1) is 15.1. The van der Waals surface area contributed by atoms with Gasteiger partial charge in [0.1, 0.15) is 0 Å². The molecule has 0 aliphatic heterocycles. The van der Waals surface area contributed by atoms with Crippen LogP contribution >= 0.6 is 11.3 Å². The summed E-state index contributed by atoms with van der Waals surface area (Å²) in [5, 5.41) is 7.54. The Labute approximate surface area is 146 Å². The number of benzene rings is 2. The van der Waals surface area contributed by atoms with Crippen molar-refractivity contribution in [3.05, 3.63) is 70.6 Å². The molecule has 4 heteroatoms. The van der Waals surface area contributed by atoms with E-state index in [4.69, 9.17) is 0 Å². The average molecular weight is 333 g/mol. The summed E-state index contributed by atoms with van der Waals surface area (Å²) in [5.41, 5.74) is 10.3. The molecule has 0 unspecified atom stereocenters. The van der Waals surface area contributed by atoms with Crippen molar-refractivity contribution in [2.75, 3.05) is 5.43 Å². The number of rotatable bonds is 3. The molecule has 24 heavy (non-hydrogen) atoms. The van der Waals surface area contributed by atoms with E-state index in [0.29, 0.717) is 0 Å². The zero-order valence-corrected chi connectivity index (χ0v) is 14.4. The molecule has 3 nitrogen and oxygen atoms in total. The standard InChI is InChI=1S/C20H19N3S/c1-14-9-11-16(12-10-14)19-13-24-20(21-19)23-22-18-8-4-6-15-5-2-3-7-17(15)18/h2-3,5,7,9-13H,4,6,8H2,1H3,(H,21,23)/b22-18-. The Morgan fingerprint density at radius 3 is 2.75 bits per heavy atom. The second-order valence-corrected chi connectivity index (χ2v) is 6.94. The number of thiazole rings is 1.